The van der Waals surface area contributed by atoms with Crippen LogP contribution in [0, 0.1) is 0 Å². The Hall–Kier alpha value is -0.950. The molecule has 1 aromatic carbocycles. The van der Waals surface area contributed by atoms with Gasteiger partial charge in [0.15, 0.2) is 0 Å². The smallest absolute Gasteiger partial charge is 0.240 e. The van der Waals surface area contributed by atoms with Crippen LogP contribution in [0.1, 0.15) is 38.9 Å². The maximum atomic E-state index is 12.2. The van der Waals surface area contributed by atoms with Crippen molar-refractivity contribution in [1.82, 2.24) is 9.62 Å². The number of hydrogen-bond donors (Lipinski definition) is 2. The summed E-state index contributed by atoms with van der Waals surface area (Å²) in [5.74, 6) is 0. The van der Waals surface area contributed by atoms with Crippen molar-refractivity contribution in [3.63, 3.8) is 0 Å². The molecule has 1 aromatic rings. The fourth-order valence-corrected chi connectivity index (χ4v) is 2.90. The molecule has 1 unspecified atom stereocenters. The Balaban J connectivity index is 2.74. The van der Waals surface area contributed by atoms with Gasteiger partial charge in [-0.25, -0.2) is 13.1 Å². The van der Waals surface area contributed by atoms with E-state index in [1.807, 2.05) is 14.0 Å². The number of aliphatic hydroxyl groups is 1. The highest BCUT2D eigenvalue weighted by molar-refractivity contribution is 7.89. The van der Waals surface area contributed by atoms with E-state index in [1.165, 1.54) is 6.07 Å². The molecular formula is C15H26N2O3S. The van der Waals surface area contributed by atoms with Gasteiger partial charge in [-0.15, -0.1) is 0 Å². The number of benzene rings is 1. The largest absolute Gasteiger partial charge is 0.388 e. The van der Waals surface area contributed by atoms with Gasteiger partial charge in [-0.05, 0) is 45.0 Å². The molecule has 0 aliphatic heterocycles. The van der Waals surface area contributed by atoms with E-state index in [0.717, 1.165) is 0 Å². The summed E-state index contributed by atoms with van der Waals surface area (Å²) in [6, 6.07) is 6.84. The summed E-state index contributed by atoms with van der Waals surface area (Å²) in [5.41, 5.74) is 0.625. The fraction of sp³-hybridized carbons (Fsp3) is 0.600. The molecule has 0 saturated carbocycles. The molecule has 0 radical (unpaired) electrons. The van der Waals surface area contributed by atoms with Crippen molar-refractivity contribution in [1.29, 1.82) is 0 Å². The molecule has 0 amide bonds. The Morgan fingerprint density at radius 2 is 2.00 bits per heavy atom. The van der Waals surface area contributed by atoms with Crippen LogP contribution < -0.4 is 4.72 Å². The molecule has 0 heterocycles. The van der Waals surface area contributed by atoms with E-state index in [9.17, 15) is 13.5 Å². The second-order valence-corrected chi connectivity index (χ2v) is 7.24. The van der Waals surface area contributed by atoms with Gasteiger partial charge in [0, 0.05) is 19.1 Å². The first-order chi connectivity index (χ1) is 9.77. The zero-order valence-electron chi connectivity index (χ0n) is 13.2. The monoisotopic (exact) mass is 314 g/mol. The van der Waals surface area contributed by atoms with Crippen molar-refractivity contribution < 1.29 is 13.5 Å². The number of hydrogen-bond acceptors (Lipinski definition) is 4. The van der Waals surface area contributed by atoms with Gasteiger partial charge in [-0.1, -0.05) is 19.1 Å². The van der Waals surface area contributed by atoms with Crippen molar-refractivity contribution in [3.05, 3.63) is 29.8 Å². The molecule has 6 heteroatoms. The standard InChI is InChI=1S/C15H26N2O3S/c1-5-15(18)13-7-6-8-14(11-13)21(19,20)16-9-10-17(4)12(2)3/h6-8,11-12,15-16,18H,5,9-10H2,1-4H3. The summed E-state index contributed by atoms with van der Waals surface area (Å²) in [6.07, 6.45) is -0.0805. The highest BCUT2D eigenvalue weighted by Gasteiger charge is 2.16. The van der Waals surface area contributed by atoms with E-state index < -0.39 is 16.1 Å². The van der Waals surface area contributed by atoms with Gasteiger partial charge in [0.25, 0.3) is 0 Å². The summed E-state index contributed by atoms with van der Waals surface area (Å²) < 4.78 is 27.1. The highest BCUT2D eigenvalue weighted by atomic mass is 32.2. The van der Waals surface area contributed by atoms with E-state index >= 15 is 0 Å². The Morgan fingerprint density at radius 3 is 2.57 bits per heavy atom. The third kappa shape index (κ3) is 5.39. The molecular weight excluding hydrogens is 288 g/mol. The van der Waals surface area contributed by atoms with Gasteiger partial charge in [-0.2, -0.15) is 0 Å². The molecule has 1 rings (SSSR count). The van der Waals surface area contributed by atoms with Crippen LogP contribution in [-0.4, -0.2) is 44.6 Å². The van der Waals surface area contributed by atoms with Gasteiger partial charge in [0.2, 0.25) is 10.0 Å². The van der Waals surface area contributed by atoms with E-state index in [-0.39, 0.29) is 4.90 Å². The molecule has 0 bridgehead atoms. The van der Waals surface area contributed by atoms with E-state index in [0.29, 0.717) is 31.1 Å². The molecule has 0 fully saturated rings. The lowest BCUT2D eigenvalue weighted by Crippen LogP contribution is -2.36. The van der Waals surface area contributed by atoms with Crippen molar-refractivity contribution in [2.75, 3.05) is 20.1 Å². The summed E-state index contributed by atoms with van der Waals surface area (Å²) >= 11 is 0. The SMILES string of the molecule is CCC(O)c1cccc(S(=O)(=O)NCCN(C)C(C)C)c1. The lowest BCUT2D eigenvalue weighted by molar-refractivity contribution is 0.173. The zero-order valence-corrected chi connectivity index (χ0v) is 14.0. The highest BCUT2D eigenvalue weighted by Crippen LogP contribution is 2.19. The van der Waals surface area contributed by atoms with Crippen molar-refractivity contribution in [2.45, 2.75) is 44.2 Å². The van der Waals surface area contributed by atoms with Crippen molar-refractivity contribution >= 4 is 10.0 Å². The molecule has 21 heavy (non-hydrogen) atoms. The minimum Gasteiger partial charge on any atom is -0.388 e. The van der Waals surface area contributed by atoms with Crippen LogP contribution in [0.4, 0.5) is 0 Å². The molecule has 5 nitrogen and oxygen atoms in total. The molecule has 0 saturated heterocycles. The van der Waals surface area contributed by atoms with Gasteiger partial charge in [0.1, 0.15) is 0 Å². The Bertz CT molecular complexity index is 544. The van der Waals surface area contributed by atoms with E-state index in [4.69, 9.17) is 0 Å². The number of likely N-dealkylation sites (N-methyl/N-ethyl adjacent to an activating group) is 1. The molecule has 120 valence electrons. The summed E-state index contributed by atoms with van der Waals surface area (Å²) in [7, 11) is -1.58. The Labute approximate surface area is 128 Å². The van der Waals surface area contributed by atoms with Crippen molar-refractivity contribution in [3.8, 4) is 0 Å². The third-order valence-corrected chi connectivity index (χ3v) is 5.04. The Morgan fingerprint density at radius 1 is 1.33 bits per heavy atom. The molecule has 0 aromatic heterocycles. The maximum Gasteiger partial charge on any atom is 0.240 e. The van der Waals surface area contributed by atoms with E-state index in [2.05, 4.69) is 23.5 Å². The van der Waals surface area contributed by atoms with Crippen LogP contribution >= 0.6 is 0 Å². The first-order valence-electron chi connectivity index (χ1n) is 7.26. The average molecular weight is 314 g/mol. The van der Waals surface area contributed by atoms with E-state index in [1.54, 1.807) is 18.2 Å². The number of sulfonamides is 1. The van der Waals surface area contributed by atoms with Crippen LogP contribution in [0.25, 0.3) is 0 Å². The van der Waals surface area contributed by atoms with Gasteiger partial charge < -0.3 is 10.0 Å². The second-order valence-electron chi connectivity index (χ2n) is 5.47. The van der Waals surface area contributed by atoms with Crippen molar-refractivity contribution in [2.24, 2.45) is 0 Å². The van der Waals surface area contributed by atoms with Gasteiger partial charge in [-0.3, -0.25) is 0 Å². The number of aliphatic hydroxyl groups excluding tert-OH is 1. The summed E-state index contributed by atoms with van der Waals surface area (Å²) in [5, 5.41) is 9.81. The average Bonchev–Trinajstić information content (AvgIpc) is 2.46. The van der Waals surface area contributed by atoms with Crippen LogP contribution in [0.3, 0.4) is 0 Å². The molecule has 1 atom stereocenters. The fourth-order valence-electron chi connectivity index (χ4n) is 1.82. The minimum atomic E-state index is -3.53. The molecule has 2 N–H and O–H groups in total. The second kappa shape index (κ2) is 7.89. The quantitative estimate of drug-likeness (QED) is 0.767. The zero-order chi connectivity index (χ0) is 16.0. The summed E-state index contributed by atoms with van der Waals surface area (Å²) in [4.78, 5) is 2.26. The topological polar surface area (TPSA) is 69.6 Å². The number of nitrogens with one attached hydrogen (secondary N) is 1. The minimum absolute atomic E-state index is 0.194. The Kier molecular flexibility index (Phi) is 6.80. The molecule has 0 spiro atoms. The first kappa shape index (κ1) is 18.1. The lowest BCUT2D eigenvalue weighted by atomic mass is 10.1. The summed E-state index contributed by atoms with van der Waals surface area (Å²) in [6.45, 7) is 6.98. The molecule has 0 aliphatic carbocycles. The van der Waals surface area contributed by atoms with Crippen LogP contribution in [0.5, 0.6) is 0 Å². The predicted octanol–water partition coefficient (Wildman–Crippen LogP) is 1.75. The van der Waals surface area contributed by atoms with Gasteiger partial charge >= 0.3 is 0 Å². The lowest BCUT2D eigenvalue weighted by Gasteiger charge is -2.21. The third-order valence-electron chi connectivity index (χ3n) is 3.58. The van der Waals surface area contributed by atoms with Crippen LogP contribution in [-0.2, 0) is 10.0 Å². The normalized spacial score (nSPS) is 13.9. The number of rotatable bonds is 8. The predicted molar refractivity (Wildman–Crippen MR) is 84.6 cm³/mol. The van der Waals surface area contributed by atoms with Crippen LogP contribution in [0.2, 0.25) is 0 Å². The van der Waals surface area contributed by atoms with Crippen LogP contribution in [0.15, 0.2) is 29.2 Å². The first-order valence-corrected chi connectivity index (χ1v) is 8.74. The molecule has 0 aliphatic rings. The van der Waals surface area contributed by atoms with Gasteiger partial charge in [0.05, 0.1) is 11.0 Å². The number of nitrogens with zero attached hydrogens (tertiary/aromatic N) is 1. The maximum absolute atomic E-state index is 12.2.